The molecule has 96 valence electrons. The second kappa shape index (κ2) is 4.27. The lowest BCUT2D eigenvalue weighted by molar-refractivity contribution is -0.131. The summed E-state index contributed by atoms with van der Waals surface area (Å²) in [7, 11) is 0. The molecule has 0 radical (unpaired) electrons. The lowest BCUT2D eigenvalue weighted by Gasteiger charge is -2.36. The molecule has 3 nitrogen and oxygen atoms in total. The first-order valence-electron chi connectivity index (χ1n) is 7.19. The van der Waals surface area contributed by atoms with E-state index in [1.165, 1.54) is 25.7 Å². The fourth-order valence-electron chi connectivity index (χ4n) is 4.18. The van der Waals surface area contributed by atoms with Crippen LogP contribution in [0.3, 0.4) is 0 Å². The van der Waals surface area contributed by atoms with Crippen molar-refractivity contribution in [2.75, 3.05) is 6.54 Å². The van der Waals surface area contributed by atoms with E-state index in [-0.39, 0.29) is 0 Å². The predicted molar refractivity (Wildman–Crippen MR) is 67.3 cm³/mol. The number of hydrogen-bond donors (Lipinski definition) is 1. The van der Waals surface area contributed by atoms with Crippen LogP contribution >= 0.6 is 0 Å². The summed E-state index contributed by atoms with van der Waals surface area (Å²) in [5.74, 6) is 2.71. The van der Waals surface area contributed by atoms with Crippen LogP contribution in [0.15, 0.2) is 0 Å². The third-order valence-electron chi connectivity index (χ3n) is 4.87. The lowest BCUT2D eigenvalue weighted by Crippen LogP contribution is -2.47. The fourth-order valence-corrected chi connectivity index (χ4v) is 4.18. The third kappa shape index (κ3) is 1.99. The van der Waals surface area contributed by atoms with Crippen molar-refractivity contribution < 1.29 is 4.79 Å². The summed E-state index contributed by atoms with van der Waals surface area (Å²) in [6.07, 6.45) is 6.82. The van der Waals surface area contributed by atoms with Gasteiger partial charge in [-0.3, -0.25) is 10.1 Å². The monoisotopic (exact) mass is 236 g/mol. The van der Waals surface area contributed by atoms with Crippen LogP contribution < -0.4 is 5.32 Å². The minimum Gasteiger partial charge on any atom is -0.323 e. The Morgan fingerprint density at radius 2 is 2.18 bits per heavy atom. The second-order valence-electron chi connectivity index (χ2n) is 6.57. The normalized spacial score (nSPS) is 40.9. The molecule has 3 fully saturated rings. The second-order valence-corrected chi connectivity index (χ2v) is 6.57. The number of amides is 1. The van der Waals surface area contributed by atoms with Crippen LogP contribution in [0.25, 0.3) is 0 Å². The van der Waals surface area contributed by atoms with Crippen LogP contribution in [-0.2, 0) is 4.79 Å². The van der Waals surface area contributed by atoms with Gasteiger partial charge < -0.3 is 4.90 Å². The maximum Gasteiger partial charge on any atom is 0.238 e. The molecule has 1 heterocycles. The molecule has 0 aromatic rings. The van der Waals surface area contributed by atoms with Crippen LogP contribution in [0.2, 0.25) is 0 Å². The van der Waals surface area contributed by atoms with Crippen LogP contribution in [0.5, 0.6) is 0 Å². The Labute approximate surface area is 104 Å². The van der Waals surface area contributed by atoms with Gasteiger partial charge in [-0.25, -0.2) is 0 Å². The number of carbonyl (C=O) groups excluding carboxylic acids is 1. The summed E-state index contributed by atoms with van der Waals surface area (Å²) in [4.78, 5) is 14.3. The highest BCUT2D eigenvalue weighted by Gasteiger charge is 2.47. The van der Waals surface area contributed by atoms with E-state index in [2.05, 4.69) is 24.1 Å². The number of nitrogens with one attached hydrogen (secondary N) is 1. The van der Waals surface area contributed by atoms with Gasteiger partial charge >= 0.3 is 0 Å². The summed E-state index contributed by atoms with van der Waals surface area (Å²) in [6.45, 7) is 5.04. The Bertz CT molecular complexity index is 315. The van der Waals surface area contributed by atoms with Gasteiger partial charge in [0.15, 0.2) is 0 Å². The average molecular weight is 236 g/mol. The molecule has 3 aliphatic rings. The molecule has 1 amide bonds. The Hall–Kier alpha value is -0.570. The van der Waals surface area contributed by atoms with E-state index in [0.29, 0.717) is 30.6 Å². The van der Waals surface area contributed by atoms with Gasteiger partial charge in [0.05, 0.1) is 12.7 Å². The molecule has 1 saturated heterocycles. The molecule has 0 aromatic carbocycles. The lowest BCUT2D eigenvalue weighted by atomic mass is 9.93. The van der Waals surface area contributed by atoms with Crippen LogP contribution in [-0.4, -0.2) is 29.6 Å². The van der Waals surface area contributed by atoms with Gasteiger partial charge in [0.25, 0.3) is 0 Å². The highest BCUT2D eigenvalue weighted by atomic mass is 16.2. The van der Waals surface area contributed by atoms with Crippen molar-refractivity contribution in [3.63, 3.8) is 0 Å². The van der Waals surface area contributed by atoms with E-state index < -0.39 is 0 Å². The van der Waals surface area contributed by atoms with Crippen molar-refractivity contribution in [1.29, 1.82) is 0 Å². The standard InChI is InChI=1S/C14H24N2O/c1-9(2)5-13-15-8-14(17)16(13)12-7-10-3-4-11(12)6-10/h9-13,15H,3-8H2,1-2H3. The molecule has 4 unspecified atom stereocenters. The first-order chi connectivity index (χ1) is 8.15. The van der Waals surface area contributed by atoms with Gasteiger partial charge in [-0.2, -0.15) is 0 Å². The Kier molecular flexibility index (Phi) is 2.89. The SMILES string of the molecule is CC(C)CC1NCC(=O)N1C1CC2CCC1C2. The molecule has 2 saturated carbocycles. The number of carbonyl (C=O) groups is 1. The van der Waals surface area contributed by atoms with Crippen molar-refractivity contribution in [1.82, 2.24) is 10.2 Å². The summed E-state index contributed by atoms with van der Waals surface area (Å²) < 4.78 is 0. The van der Waals surface area contributed by atoms with Crippen molar-refractivity contribution in [2.45, 2.75) is 58.2 Å². The molecule has 2 bridgehead atoms. The van der Waals surface area contributed by atoms with E-state index in [1.807, 2.05) is 0 Å². The Morgan fingerprint density at radius 3 is 2.76 bits per heavy atom. The van der Waals surface area contributed by atoms with Crippen LogP contribution in [0.4, 0.5) is 0 Å². The van der Waals surface area contributed by atoms with Gasteiger partial charge in [-0.1, -0.05) is 20.3 Å². The molecule has 3 heteroatoms. The van der Waals surface area contributed by atoms with Gasteiger partial charge in [0.1, 0.15) is 0 Å². The largest absolute Gasteiger partial charge is 0.323 e. The van der Waals surface area contributed by atoms with Crippen molar-refractivity contribution >= 4 is 5.91 Å². The molecule has 2 aliphatic carbocycles. The van der Waals surface area contributed by atoms with E-state index in [0.717, 1.165) is 18.3 Å². The smallest absolute Gasteiger partial charge is 0.238 e. The van der Waals surface area contributed by atoms with E-state index in [1.54, 1.807) is 0 Å². The molecule has 17 heavy (non-hydrogen) atoms. The van der Waals surface area contributed by atoms with Crippen molar-refractivity contribution in [3.8, 4) is 0 Å². The molecule has 0 spiro atoms. The van der Waals surface area contributed by atoms with Gasteiger partial charge in [0, 0.05) is 6.04 Å². The zero-order valence-corrected chi connectivity index (χ0v) is 11.0. The molecule has 1 N–H and O–H groups in total. The van der Waals surface area contributed by atoms with E-state index in [9.17, 15) is 4.79 Å². The third-order valence-corrected chi connectivity index (χ3v) is 4.87. The van der Waals surface area contributed by atoms with E-state index in [4.69, 9.17) is 0 Å². The highest BCUT2D eigenvalue weighted by Crippen LogP contribution is 2.47. The number of fused-ring (bicyclic) bond motifs is 2. The molecule has 3 rings (SSSR count). The predicted octanol–water partition coefficient (Wildman–Crippen LogP) is 1.98. The molecule has 0 aromatic heterocycles. The minimum atomic E-state index is 0.312. The quantitative estimate of drug-likeness (QED) is 0.812. The molecular weight excluding hydrogens is 212 g/mol. The number of hydrogen-bond acceptors (Lipinski definition) is 2. The molecule has 1 aliphatic heterocycles. The Balaban J connectivity index is 1.73. The Morgan fingerprint density at radius 1 is 1.35 bits per heavy atom. The summed E-state index contributed by atoms with van der Waals surface area (Å²) >= 11 is 0. The van der Waals surface area contributed by atoms with E-state index >= 15 is 0 Å². The van der Waals surface area contributed by atoms with Gasteiger partial charge in [-0.15, -0.1) is 0 Å². The zero-order valence-electron chi connectivity index (χ0n) is 11.0. The summed E-state index contributed by atoms with van der Waals surface area (Å²) in [6, 6.07) is 0.556. The average Bonchev–Trinajstić information content (AvgIpc) is 2.93. The zero-order chi connectivity index (χ0) is 12.0. The van der Waals surface area contributed by atoms with Crippen molar-refractivity contribution in [2.24, 2.45) is 17.8 Å². The van der Waals surface area contributed by atoms with Crippen LogP contribution in [0.1, 0.15) is 46.0 Å². The van der Waals surface area contributed by atoms with Crippen molar-refractivity contribution in [3.05, 3.63) is 0 Å². The first-order valence-corrected chi connectivity index (χ1v) is 7.19. The summed E-state index contributed by atoms with van der Waals surface area (Å²) in [5.41, 5.74) is 0. The number of rotatable bonds is 3. The number of nitrogens with zero attached hydrogens (tertiary/aromatic N) is 1. The fraction of sp³-hybridized carbons (Fsp3) is 0.929. The van der Waals surface area contributed by atoms with Crippen LogP contribution in [0, 0.1) is 17.8 Å². The first kappa shape index (κ1) is 11.5. The molecular formula is C14H24N2O. The van der Waals surface area contributed by atoms with Gasteiger partial charge in [-0.05, 0) is 43.4 Å². The highest BCUT2D eigenvalue weighted by molar-refractivity contribution is 5.81. The van der Waals surface area contributed by atoms with Gasteiger partial charge in [0.2, 0.25) is 5.91 Å². The minimum absolute atomic E-state index is 0.312. The topological polar surface area (TPSA) is 32.3 Å². The summed E-state index contributed by atoms with van der Waals surface area (Å²) in [5, 5.41) is 3.40. The maximum absolute atomic E-state index is 12.1. The molecule has 4 atom stereocenters. The maximum atomic E-state index is 12.1.